The van der Waals surface area contributed by atoms with Crippen molar-refractivity contribution >= 4 is 10.1 Å². The standard InChI is InChI=1S/C11H19F5O3S.C3H7N/c1-2-3-4-5-6-7-8-9(12)10(13,14)11(15,16)20(17,18)19;1-2-3-4/h9H,2-8H2,1H3,(H,17,18,19);2H,1,3-4H2. The summed E-state index contributed by atoms with van der Waals surface area (Å²) >= 11 is 0. The van der Waals surface area contributed by atoms with Crippen LogP contribution in [0.15, 0.2) is 12.7 Å². The monoisotopic (exact) mass is 383 g/mol. The average Bonchev–Trinajstić information content (AvgIpc) is 2.49. The number of hydrogen-bond donors (Lipinski definition) is 2. The summed E-state index contributed by atoms with van der Waals surface area (Å²) in [7, 11) is -6.37. The van der Waals surface area contributed by atoms with Crippen molar-refractivity contribution in [3.63, 3.8) is 0 Å². The van der Waals surface area contributed by atoms with E-state index in [9.17, 15) is 30.4 Å². The summed E-state index contributed by atoms with van der Waals surface area (Å²) < 4.78 is 93.4. The fourth-order valence-corrected chi connectivity index (χ4v) is 2.11. The average molecular weight is 383 g/mol. The van der Waals surface area contributed by atoms with Gasteiger partial charge in [0, 0.05) is 6.54 Å². The van der Waals surface area contributed by atoms with Crippen LogP contribution in [0.3, 0.4) is 0 Å². The molecule has 0 rings (SSSR count). The van der Waals surface area contributed by atoms with Crippen LogP contribution in [0, 0.1) is 0 Å². The first-order valence-electron chi connectivity index (χ1n) is 7.57. The van der Waals surface area contributed by atoms with Crippen molar-refractivity contribution in [3.8, 4) is 0 Å². The van der Waals surface area contributed by atoms with E-state index in [0.29, 0.717) is 19.4 Å². The van der Waals surface area contributed by atoms with Crippen LogP contribution in [0.2, 0.25) is 0 Å². The van der Waals surface area contributed by atoms with Gasteiger partial charge >= 0.3 is 21.3 Å². The van der Waals surface area contributed by atoms with Gasteiger partial charge in [-0.3, -0.25) is 4.55 Å². The molecule has 0 heterocycles. The van der Waals surface area contributed by atoms with E-state index in [2.05, 4.69) is 6.58 Å². The molecule has 0 aromatic rings. The molecule has 0 aliphatic carbocycles. The van der Waals surface area contributed by atoms with Crippen molar-refractivity contribution in [2.75, 3.05) is 6.54 Å². The van der Waals surface area contributed by atoms with Gasteiger partial charge in [0.2, 0.25) is 0 Å². The summed E-state index contributed by atoms with van der Waals surface area (Å²) in [5.41, 5.74) is 4.91. The second kappa shape index (κ2) is 11.8. The minimum atomic E-state index is -6.37. The van der Waals surface area contributed by atoms with Crippen LogP contribution in [0.25, 0.3) is 0 Å². The minimum Gasteiger partial charge on any atom is -0.327 e. The van der Waals surface area contributed by atoms with E-state index in [1.54, 1.807) is 6.08 Å². The quantitative estimate of drug-likeness (QED) is 0.241. The first kappa shape index (κ1) is 25.5. The SMILES string of the molecule is C=CCN.CCCCCCCCC(F)C(F)(F)C(F)(F)S(=O)(=O)O. The molecule has 0 radical (unpaired) electrons. The summed E-state index contributed by atoms with van der Waals surface area (Å²) in [6.07, 6.45) is 1.19. The molecule has 0 saturated carbocycles. The van der Waals surface area contributed by atoms with Gasteiger partial charge < -0.3 is 5.73 Å². The molecular formula is C14H26F5NO3S. The Morgan fingerprint density at radius 3 is 1.92 bits per heavy atom. The van der Waals surface area contributed by atoms with Crippen LogP contribution in [-0.2, 0) is 10.1 Å². The van der Waals surface area contributed by atoms with E-state index in [4.69, 9.17) is 10.3 Å². The fraction of sp³-hybridized carbons (Fsp3) is 0.857. The zero-order chi connectivity index (χ0) is 19.4. The first-order valence-corrected chi connectivity index (χ1v) is 9.01. The third-order valence-electron chi connectivity index (χ3n) is 3.08. The van der Waals surface area contributed by atoms with Gasteiger partial charge in [0.05, 0.1) is 0 Å². The van der Waals surface area contributed by atoms with Crippen LogP contribution in [0.4, 0.5) is 22.0 Å². The Morgan fingerprint density at radius 1 is 1.12 bits per heavy atom. The normalized spacial score (nSPS) is 13.8. The highest BCUT2D eigenvalue weighted by molar-refractivity contribution is 7.87. The maximum atomic E-state index is 13.2. The van der Waals surface area contributed by atoms with Crippen molar-refractivity contribution in [1.82, 2.24) is 0 Å². The molecule has 4 nitrogen and oxygen atoms in total. The highest BCUT2D eigenvalue weighted by Gasteiger charge is 2.69. The Bertz CT molecular complexity index is 444. The molecular weight excluding hydrogens is 357 g/mol. The van der Waals surface area contributed by atoms with Gasteiger partial charge in [-0.25, -0.2) is 4.39 Å². The molecule has 1 atom stereocenters. The lowest BCUT2D eigenvalue weighted by atomic mass is 10.0. The summed E-state index contributed by atoms with van der Waals surface area (Å²) in [5, 5.41) is -5.83. The van der Waals surface area contributed by atoms with Crippen LogP contribution in [-0.4, -0.2) is 36.9 Å². The molecule has 3 N–H and O–H groups in total. The molecule has 0 amide bonds. The lowest BCUT2D eigenvalue weighted by molar-refractivity contribution is -0.198. The number of unbranched alkanes of at least 4 members (excludes halogenated alkanes) is 5. The topological polar surface area (TPSA) is 80.4 Å². The van der Waals surface area contributed by atoms with Gasteiger partial charge in [0.1, 0.15) is 0 Å². The highest BCUT2D eigenvalue weighted by Crippen LogP contribution is 2.43. The van der Waals surface area contributed by atoms with Crippen molar-refractivity contribution in [2.45, 2.75) is 69.2 Å². The predicted octanol–water partition coefficient (Wildman–Crippen LogP) is 4.32. The van der Waals surface area contributed by atoms with Gasteiger partial charge in [-0.15, -0.1) is 6.58 Å². The van der Waals surface area contributed by atoms with Gasteiger partial charge in [-0.05, 0) is 6.42 Å². The lowest BCUT2D eigenvalue weighted by Crippen LogP contribution is -2.52. The Kier molecular flexibility index (Phi) is 12.5. The molecule has 0 aliphatic heterocycles. The van der Waals surface area contributed by atoms with Crippen molar-refractivity contribution in [2.24, 2.45) is 5.73 Å². The predicted molar refractivity (Wildman–Crippen MR) is 83.6 cm³/mol. The minimum absolute atomic E-state index is 0.0535. The lowest BCUT2D eigenvalue weighted by Gasteiger charge is -2.26. The summed E-state index contributed by atoms with van der Waals surface area (Å²) in [4.78, 5) is 0. The zero-order valence-corrected chi connectivity index (χ0v) is 14.5. The molecule has 0 aromatic carbocycles. The summed E-state index contributed by atoms with van der Waals surface area (Å²) in [5.74, 6) is -5.45. The second-order valence-electron chi connectivity index (χ2n) is 5.16. The molecule has 0 bridgehead atoms. The molecule has 0 spiro atoms. The number of rotatable bonds is 11. The van der Waals surface area contributed by atoms with E-state index in [1.165, 1.54) is 0 Å². The summed E-state index contributed by atoms with van der Waals surface area (Å²) in [6.45, 7) is 5.91. The van der Waals surface area contributed by atoms with Gasteiger partial charge in [-0.1, -0.05) is 51.5 Å². The van der Waals surface area contributed by atoms with Crippen molar-refractivity contribution < 1.29 is 34.9 Å². The van der Waals surface area contributed by atoms with E-state index in [-0.39, 0.29) is 6.42 Å². The molecule has 1 unspecified atom stereocenters. The van der Waals surface area contributed by atoms with Crippen molar-refractivity contribution in [3.05, 3.63) is 12.7 Å². The second-order valence-corrected chi connectivity index (χ2v) is 6.63. The van der Waals surface area contributed by atoms with Gasteiger partial charge in [0.25, 0.3) is 0 Å². The fourth-order valence-electron chi connectivity index (χ4n) is 1.64. The molecule has 0 fully saturated rings. The van der Waals surface area contributed by atoms with E-state index in [0.717, 1.165) is 19.3 Å². The van der Waals surface area contributed by atoms with Crippen LogP contribution in [0.1, 0.15) is 51.9 Å². The van der Waals surface area contributed by atoms with E-state index in [1.807, 2.05) is 6.92 Å². The molecule has 10 heteroatoms. The molecule has 146 valence electrons. The Hall–Kier alpha value is -0.740. The Balaban J connectivity index is 0. The molecule has 0 aliphatic rings. The molecule has 0 saturated heterocycles. The van der Waals surface area contributed by atoms with Gasteiger partial charge in [-0.2, -0.15) is 26.0 Å². The highest BCUT2D eigenvalue weighted by atomic mass is 32.2. The maximum Gasteiger partial charge on any atom is 0.434 e. The largest absolute Gasteiger partial charge is 0.434 e. The van der Waals surface area contributed by atoms with E-state index < -0.39 is 33.9 Å². The number of alkyl halides is 5. The Labute approximate surface area is 140 Å². The Morgan fingerprint density at radius 2 is 1.54 bits per heavy atom. The molecule has 0 aromatic heterocycles. The number of hydrogen-bond acceptors (Lipinski definition) is 3. The van der Waals surface area contributed by atoms with Crippen LogP contribution < -0.4 is 5.73 Å². The van der Waals surface area contributed by atoms with Crippen LogP contribution >= 0.6 is 0 Å². The zero-order valence-electron chi connectivity index (χ0n) is 13.7. The van der Waals surface area contributed by atoms with Gasteiger partial charge in [0.15, 0.2) is 6.17 Å². The maximum absolute atomic E-state index is 13.2. The summed E-state index contributed by atoms with van der Waals surface area (Å²) in [6, 6.07) is 0. The third kappa shape index (κ3) is 8.39. The smallest absolute Gasteiger partial charge is 0.327 e. The number of nitrogens with two attached hydrogens (primary N) is 1. The number of halogens is 5. The van der Waals surface area contributed by atoms with Crippen LogP contribution in [0.5, 0.6) is 0 Å². The van der Waals surface area contributed by atoms with Crippen molar-refractivity contribution in [1.29, 1.82) is 0 Å². The van der Waals surface area contributed by atoms with E-state index >= 15 is 0 Å². The molecule has 24 heavy (non-hydrogen) atoms. The third-order valence-corrected chi connectivity index (χ3v) is 4.00. The first-order chi connectivity index (χ1) is 10.9.